The first-order chi connectivity index (χ1) is 10.6. The largest absolute Gasteiger partial charge is 0.368 e. The van der Waals surface area contributed by atoms with Crippen molar-refractivity contribution in [3.8, 4) is 0 Å². The maximum Gasteiger partial charge on any atom is 0.138 e. The standard InChI is InChI=1S/C17H26N4S/c1-11-6-5-7-21(9-11)12(2)8-18-16-15-13(3)14(4)22-17(15)20-10-19-16/h10-12H,5-9H2,1-4H3,(H,18,19,20). The van der Waals surface area contributed by atoms with Crippen LogP contribution in [0.5, 0.6) is 0 Å². The number of aryl methyl sites for hydroxylation is 2. The maximum atomic E-state index is 4.48. The molecular formula is C17H26N4S. The smallest absolute Gasteiger partial charge is 0.138 e. The summed E-state index contributed by atoms with van der Waals surface area (Å²) in [5.74, 6) is 1.81. The van der Waals surface area contributed by atoms with Gasteiger partial charge in [0.1, 0.15) is 17.0 Å². The van der Waals surface area contributed by atoms with Crippen molar-refractivity contribution in [3.63, 3.8) is 0 Å². The Morgan fingerprint density at radius 1 is 1.41 bits per heavy atom. The van der Waals surface area contributed by atoms with Crippen LogP contribution in [0.3, 0.4) is 0 Å². The molecule has 0 bridgehead atoms. The summed E-state index contributed by atoms with van der Waals surface area (Å²) < 4.78 is 0. The monoisotopic (exact) mass is 318 g/mol. The fourth-order valence-corrected chi connectivity index (χ4v) is 4.31. The predicted octanol–water partition coefficient (Wildman–Crippen LogP) is 3.84. The van der Waals surface area contributed by atoms with Crippen LogP contribution in [0.1, 0.15) is 37.1 Å². The molecule has 4 nitrogen and oxygen atoms in total. The first-order valence-corrected chi connectivity index (χ1v) is 9.06. The van der Waals surface area contributed by atoms with Crippen LogP contribution in [0.25, 0.3) is 10.2 Å². The van der Waals surface area contributed by atoms with E-state index >= 15 is 0 Å². The molecule has 1 N–H and O–H groups in total. The third kappa shape index (κ3) is 3.10. The number of nitrogens with one attached hydrogen (secondary N) is 1. The predicted molar refractivity (Wildman–Crippen MR) is 94.8 cm³/mol. The lowest BCUT2D eigenvalue weighted by Gasteiger charge is -2.35. The van der Waals surface area contributed by atoms with E-state index in [-0.39, 0.29) is 0 Å². The Morgan fingerprint density at radius 3 is 3.00 bits per heavy atom. The number of hydrogen-bond donors (Lipinski definition) is 1. The molecule has 3 rings (SSSR count). The third-order valence-corrected chi connectivity index (χ3v) is 5.96. The van der Waals surface area contributed by atoms with E-state index in [1.54, 1.807) is 17.7 Å². The van der Waals surface area contributed by atoms with E-state index in [1.165, 1.54) is 41.8 Å². The Labute approximate surface area is 137 Å². The number of hydrogen-bond acceptors (Lipinski definition) is 5. The van der Waals surface area contributed by atoms with E-state index in [2.05, 4.69) is 47.9 Å². The van der Waals surface area contributed by atoms with Crippen molar-refractivity contribution in [3.05, 3.63) is 16.8 Å². The maximum absolute atomic E-state index is 4.48. The number of piperidine rings is 1. The summed E-state index contributed by atoms with van der Waals surface area (Å²) in [5, 5.41) is 4.77. The van der Waals surface area contributed by atoms with Gasteiger partial charge in [-0.15, -0.1) is 11.3 Å². The molecule has 2 aromatic rings. The number of aromatic nitrogens is 2. The van der Waals surface area contributed by atoms with E-state index in [4.69, 9.17) is 0 Å². The highest BCUT2D eigenvalue weighted by atomic mass is 32.1. The highest BCUT2D eigenvalue weighted by Gasteiger charge is 2.21. The molecule has 0 spiro atoms. The van der Waals surface area contributed by atoms with Gasteiger partial charge in [-0.3, -0.25) is 4.90 Å². The number of nitrogens with zero attached hydrogens (tertiary/aromatic N) is 3. The van der Waals surface area contributed by atoms with Gasteiger partial charge in [0, 0.05) is 24.0 Å². The van der Waals surface area contributed by atoms with Gasteiger partial charge in [-0.2, -0.15) is 0 Å². The SMILES string of the molecule is Cc1sc2ncnc(NCC(C)N3CCCC(C)C3)c2c1C. The second kappa shape index (κ2) is 6.50. The molecule has 0 amide bonds. The summed E-state index contributed by atoms with van der Waals surface area (Å²) in [6.07, 6.45) is 4.37. The van der Waals surface area contributed by atoms with Gasteiger partial charge in [0.05, 0.1) is 5.39 Å². The van der Waals surface area contributed by atoms with E-state index < -0.39 is 0 Å². The molecule has 120 valence electrons. The normalized spacial score (nSPS) is 21.2. The van der Waals surface area contributed by atoms with Crippen LogP contribution in [0.15, 0.2) is 6.33 Å². The van der Waals surface area contributed by atoms with E-state index in [0.717, 1.165) is 23.1 Å². The van der Waals surface area contributed by atoms with Gasteiger partial charge in [-0.25, -0.2) is 9.97 Å². The molecule has 1 aliphatic rings. The van der Waals surface area contributed by atoms with Crippen LogP contribution in [0, 0.1) is 19.8 Å². The van der Waals surface area contributed by atoms with E-state index in [0.29, 0.717) is 6.04 Å². The summed E-state index contributed by atoms with van der Waals surface area (Å²) in [4.78, 5) is 13.9. The first-order valence-electron chi connectivity index (χ1n) is 8.25. The average molecular weight is 318 g/mol. The van der Waals surface area contributed by atoms with Crippen LogP contribution in [0.4, 0.5) is 5.82 Å². The van der Waals surface area contributed by atoms with Crippen LogP contribution in [0.2, 0.25) is 0 Å². The average Bonchev–Trinajstić information content (AvgIpc) is 2.80. The molecule has 5 heteroatoms. The van der Waals surface area contributed by atoms with Crippen molar-refractivity contribution in [1.82, 2.24) is 14.9 Å². The van der Waals surface area contributed by atoms with Crippen LogP contribution in [-0.2, 0) is 0 Å². The third-order valence-electron chi connectivity index (χ3n) is 4.84. The first kappa shape index (κ1) is 15.7. The van der Waals surface area contributed by atoms with Crippen molar-refractivity contribution in [1.29, 1.82) is 0 Å². The highest BCUT2D eigenvalue weighted by Crippen LogP contribution is 2.32. The van der Waals surface area contributed by atoms with Crippen LogP contribution in [-0.4, -0.2) is 40.5 Å². The molecule has 0 saturated carbocycles. The van der Waals surface area contributed by atoms with Crippen LogP contribution >= 0.6 is 11.3 Å². The minimum absolute atomic E-state index is 0.535. The van der Waals surface area contributed by atoms with Gasteiger partial charge in [-0.05, 0) is 51.6 Å². The summed E-state index contributed by atoms with van der Waals surface area (Å²) in [6, 6.07) is 0.535. The molecule has 0 radical (unpaired) electrons. The quantitative estimate of drug-likeness (QED) is 0.930. The van der Waals surface area contributed by atoms with Crippen molar-refractivity contribution in [2.24, 2.45) is 5.92 Å². The van der Waals surface area contributed by atoms with Crippen molar-refractivity contribution in [2.45, 2.75) is 46.6 Å². The van der Waals surface area contributed by atoms with Gasteiger partial charge in [0.15, 0.2) is 0 Å². The zero-order valence-electron chi connectivity index (χ0n) is 14.0. The molecule has 1 saturated heterocycles. The molecule has 2 aromatic heterocycles. The topological polar surface area (TPSA) is 41.1 Å². The lowest BCUT2D eigenvalue weighted by molar-refractivity contribution is 0.144. The Hall–Kier alpha value is -1.20. The Morgan fingerprint density at radius 2 is 2.23 bits per heavy atom. The molecule has 0 aromatic carbocycles. The Balaban J connectivity index is 1.71. The number of thiophene rings is 1. The lowest BCUT2D eigenvalue weighted by Crippen LogP contribution is -2.43. The number of rotatable bonds is 4. The Kier molecular flexibility index (Phi) is 4.64. The highest BCUT2D eigenvalue weighted by molar-refractivity contribution is 7.18. The van der Waals surface area contributed by atoms with Gasteiger partial charge >= 0.3 is 0 Å². The second-order valence-corrected chi connectivity index (χ2v) is 7.86. The molecule has 3 heterocycles. The zero-order valence-corrected chi connectivity index (χ0v) is 14.8. The molecule has 2 unspecified atom stereocenters. The van der Waals surface area contributed by atoms with E-state index in [1.807, 2.05) is 0 Å². The zero-order chi connectivity index (χ0) is 15.7. The minimum Gasteiger partial charge on any atom is -0.368 e. The molecule has 1 aliphatic heterocycles. The number of likely N-dealkylation sites (tertiary alicyclic amines) is 1. The van der Waals surface area contributed by atoms with Gasteiger partial charge in [0.2, 0.25) is 0 Å². The molecule has 2 atom stereocenters. The van der Waals surface area contributed by atoms with Crippen molar-refractivity contribution in [2.75, 3.05) is 25.0 Å². The van der Waals surface area contributed by atoms with Gasteiger partial charge in [-0.1, -0.05) is 6.92 Å². The molecule has 22 heavy (non-hydrogen) atoms. The molecular weight excluding hydrogens is 292 g/mol. The van der Waals surface area contributed by atoms with Crippen molar-refractivity contribution < 1.29 is 0 Å². The fraction of sp³-hybridized carbons (Fsp3) is 0.647. The van der Waals surface area contributed by atoms with Gasteiger partial charge < -0.3 is 5.32 Å². The van der Waals surface area contributed by atoms with Crippen LogP contribution < -0.4 is 5.32 Å². The summed E-state index contributed by atoms with van der Waals surface area (Å²) in [7, 11) is 0. The summed E-state index contributed by atoms with van der Waals surface area (Å²) in [5.41, 5.74) is 1.31. The molecule has 0 aliphatic carbocycles. The lowest BCUT2D eigenvalue weighted by atomic mass is 9.99. The van der Waals surface area contributed by atoms with Crippen molar-refractivity contribution >= 4 is 27.4 Å². The minimum atomic E-state index is 0.535. The molecule has 1 fully saturated rings. The number of fused-ring (bicyclic) bond motifs is 1. The number of anilines is 1. The fourth-order valence-electron chi connectivity index (χ4n) is 3.32. The second-order valence-electron chi connectivity index (χ2n) is 6.66. The van der Waals surface area contributed by atoms with E-state index in [9.17, 15) is 0 Å². The Bertz CT molecular complexity index is 651. The van der Waals surface area contributed by atoms with Gasteiger partial charge in [0.25, 0.3) is 0 Å². The summed E-state index contributed by atoms with van der Waals surface area (Å²) >= 11 is 1.75. The summed E-state index contributed by atoms with van der Waals surface area (Å²) in [6.45, 7) is 12.4.